The Hall–Kier alpha value is -1.35. The Bertz CT molecular complexity index is 480. The molecule has 1 aromatic rings. The van der Waals surface area contributed by atoms with E-state index in [1.165, 1.54) is 24.0 Å². The van der Waals surface area contributed by atoms with Gasteiger partial charge in [-0.2, -0.15) is 0 Å². The number of carbonyl (C=O) groups excluding carboxylic acids is 1. The summed E-state index contributed by atoms with van der Waals surface area (Å²) in [6.45, 7) is 3.99. The summed E-state index contributed by atoms with van der Waals surface area (Å²) in [5.74, 6) is 0.769. The Balaban J connectivity index is 1.74. The number of anilines is 1. The van der Waals surface area contributed by atoms with Crippen LogP contribution in [-0.4, -0.2) is 19.0 Å². The van der Waals surface area contributed by atoms with Crippen LogP contribution in [0.2, 0.25) is 0 Å². The molecule has 1 atom stereocenters. The highest BCUT2D eigenvalue weighted by Gasteiger charge is 2.29. The number of hydrogen-bond acceptors (Lipinski definition) is 2. The second-order valence-corrected chi connectivity index (χ2v) is 5.85. The van der Waals surface area contributed by atoms with E-state index < -0.39 is 0 Å². The minimum absolute atomic E-state index is 0.0979. The molecule has 2 aliphatic rings. The summed E-state index contributed by atoms with van der Waals surface area (Å²) in [6, 6.07) is 6.31. The van der Waals surface area contributed by atoms with Crippen molar-refractivity contribution in [3.05, 3.63) is 29.3 Å². The van der Waals surface area contributed by atoms with E-state index in [2.05, 4.69) is 22.8 Å². The molecule has 0 saturated carbocycles. The van der Waals surface area contributed by atoms with E-state index in [9.17, 15) is 4.79 Å². The number of amides is 1. The van der Waals surface area contributed by atoms with Gasteiger partial charge in [-0.05, 0) is 61.9 Å². The van der Waals surface area contributed by atoms with Crippen molar-refractivity contribution in [1.29, 1.82) is 0 Å². The third kappa shape index (κ3) is 2.52. The van der Waals surface area contributed by atoms with E-state index >= 15 is 0 Å². The van der Waals surface area contributed by atoms with Gasteiger partial charge in [-0.25, -0.2) is 0 Å². The SMILES string of the molecule is CC(C(=O)Nc1cccc2c1CCCC2)C1CNC1. The Kier molecular flexibility index (Phi) is 3.56. The van der Waals surface area contributed by atoms with Crippen LogP contribution in [0.1, 0.15) is 30.9 Å². The predicted molar refractivity (Wildman–Crippen MR) is 77.2 cm³/mol. The van der Waals surface area contributed by atoms with Gasteiger partial charge in [0.2, 0.25) is 5.91 Å². The van der Waals surface area contributed by atoms with Gasteiger partial charge >= 0.3 is 0 Å². The number of nitrogens with one attached hydrogen (secondary N) is 2. The number of carbonyl (C=O) groups is 1. The van der Waals surface area contributed by atoms with Crippen LogP contribution in [0.25, 0.3) is 0 Å². The summed E-state index contributed by atoms with van der Waals surface area (Å²) in [5, 5.41) is 6.38. The van der Waals surface area contributed by atoms with Gasteiger partial charge in [-0.15, -0.1) is 0 Å². The molecule has 1 aliphatic carbocycles. The molecule has 3 rings (SSSR count). The molecule has 1 unspecified atom stereocenters. The van der Waals surface area contributed by atoms with Crippen molar-refractivity contribution >= 4 is 11.6 Å². The van der Waals surface area contributed by atoms with Crippen LogP contribution >= 0.6 is 0 Å². The smallest absolute Gasteiger partial charge is 0.227 e. The monoisotopic (exact) mass is 258 g/mol. The lowest BCUT2D eigenvalue weighted by molar-refractivity contribution is -0.121. The summed E-state index contributed by atoms with van der Waals surface area (Å²) in [7, 11) is 0. The van der Waals surface area contributed by atoms with Crippen LogP contribution in [0, 0.1) is 11.8 Å². The second kappa shape index (κ2) is 5.33. The van der Waals surface area contributed by atoms with Gasteiger partial charge in [0.05, 0.1) is 0 Å². The predicted octanol–water partition coefficient (Wildman–Crippen LogP) is 2.36. The van der Waals surface area contributed by atoms with E-state index in [0.29, 0.717) is 5.92 Å². The summed E-state index contributed by atoms with van der Waals surface area (Å²) in [4.78, 5) is 12.3. The highest BCUT2D eigenvalue weighted by Crippen LogP contribution is 2.28. The fourth-order valence-corrected chi connectivity index (χ4v) is 3.02. The maximum absolute atomic E-state index is 12.3. The molecule has 3 heteroatoms. The lowest BCUT2D eigenvalue weighted by Crippen LogP contribution is -2.48. The Morgan fingerprint density at radius 2 is 2.11 bits per heavy atom. The molecular weight excluding hydrogens is 236 g/mol. The Morgan fingerprint density at radius 3 is 2.84 bits per heavy atom. The molecular formula is C16H22N2O. The molecule has 102 valence electrons. The fraction of sp³-hybridized carbons (Fsp3) is 0.562. The molecule has 19 heavy (non-hydrogen) atoms. The van der Waals surface area contributed by atoms with Gasteiger partial charge in [0.1, 0.15) is 0 Å². The average molecular weight is 258 g/mol. The van der Waals surface area contributed by atoms with Gasteiger partial charge in [-0.1, -0.05) is 19.1 Å². The molecule has 1 saturated heterocycles. The molecule has 0 radical (unpaired) electrons. The van der Waals surface area contributed by atoms with Crippen LogP contribution in [0.15, 0.2) is 18.2 Å². The molecule has 1 amide bonds. The molecule has 3 nitrogen and oxygen atoms in total. The molecule has 1 heterocycles. The summed E-state index contributed by atoms with van der Waals surface area (Å²) in [6.07, 6.45) is 4.77. The van der Waals surface area contributed by atoms with Gasteiger partial charge in [0.15, 0.2) is 0 Å². The normalized spacial score (nSPS) is 20.3. The van der Waals surface area contributed by atoms with E-state index in [0.717, 1.165) is 31.6 Å². The lowest BCUT2D eigenvalue weighted by atomic mass is 9.87. The van der Waals surface area contributed by atoms with Crippen LogP contribution in [-0.2, 0) is 17.6 Å². The first-order valence-electron chi connectivity index (χ1n) is 7.38. The maximum atomic E-state index is 12.3. The molecule has 1 aliphatic heterocycles. The van der Waals surface area contributed by atoms with E-state index in [4.69, 9.17) is 0 Å². The quantitative estimate of drug-likeness (QED) is 0.874. The van der Waals surface area contributed by atoms with Crippen molar-refractivity contribution in [2.24, 2.45) is 11.8 Å². The van der Waals surface area contributed by atoms with Gasteiger partial charge in [0, 0.05) is 11.6 Å². The van der Waals surface area contributed by atoms with E-state index in [1.807, 2.05) is 13.0 Å². The highest BCUT2D eigenvalue weighted by atomic mass is 16.1. The van der Waals surface area contributed by atoms with Crippen molar-refractivity contribution in [3.8, 4) is 0 Å². The third-order valence-corrected chi connectivity index (χ3v) is 4.59. The Labute approximate surface area is 114 Å². The van der Waals surface area contributed by atoms with Crippen molar-refractivity contribution in [1.82, 2.24) is 5.32 Å². The first-order valence-corrected chi connectivity index (χ1v) is 7.38. The molecule has 0 bridgehead atoms. The zero-order valence-electron chi connectivity index (χ0n) is 11.5. The van der Waals surface area contributed by atoms with Gasteiger partial charge in [0.25, 0.3) is 0 Å². The maximum Gasteiger partial charge on any atom is 0.227 e. The van der Waals surface area contributed by atoms with Gasteiger partial charge in [-0.3, -0.25) is 4.79 Å². The first-order chi connectivity index (χ1) is 9.25. The summed E-state index contributed by atoms with van der Waals surface area (Å²) < 4.78 is 0. The van der Waals surface area contributed by atoms with E-state index in [1.54, 1.807) is 0 Å². The van der Waals surface area contributed by atoms with E-state index in [-0.39, 0.29) is 11.8 Å². The fourth-order valence-electron chi connectivity index (χ4n) is 3.02. The number of benzene rings is 1. The van der Waals surface area contributed by atoms with Crippen molar-refractivity contribution in [2.75, 3.05) is 18.4 Å². The summed E-state index contributed by atoms with van der Waals surface area (Å²) >= 11 is 0. The summed E-state index contributed by atoms with van der Waals surface area (Å²) in [5.41, 5.74) is 3.82. The molecule has 2 N–H and O–H groups in total. The highest BCUT2D eigenvalue weighted by molar-refractivity contribution is 5.93. The molecule has 1 fully saturated rings. The standard InChI is InChI=1S/C16H22N2O/c1-11(13-9-17-10-13)16(19)18-15-8-4-6-12-5-2-3-7-14(12)15/h4,6,8,11,13,17H,2-3,5,7,9-10H2,1H3,(H,18,19). The van der Waals surface area contributed by atoms with Crippen molar-refractivity contribution in [2.45, 2.75) is 32.6 Å². The van der Waals surface area contributed by atoms with Crippen LogP contribution in [0.3, 0.4) is 0 Å². The number of rotatable bonds is 3. The van der Waals surface area contributed by atoms with Crippen molar-refractivity contribution < 1.29 is 4.79 Å². The second-order valence-electron chi connectivity index (χ2n) is 5.85. The van der Waals surface area contributed by atoms with Crippen LogP contribution < -0.4 is 10.6 Å². The van der Waals surface area contributed by atoms with Crippen LogP contribution in [0.5, 0.6) is 0 Å². The first kappa shape index (κ1) is 12.7. The molecule has 0 spiro atoms. The zero-order valence-corrected chi connectivity index (χ0v) is 11.5. The number of fused-ring (bicyclic) bond motifs is 1. The largest absolute Gasteiger partial charge is 0.326 e. The van der Waals surface area contributed by atoms with Crippen molar-refractivity contribution in [3.63, 3.8) is 0 Å². The zero-order chi connectivity index (χ0) is 13.2. The topological polar surface area (TPSA) is 41.1 Å². The third-order valence-electron chi connectivity index (χ3n) is 4.59. The minimum atomic E-state index is 0.0979. The number of aryl methyl sites for hydroxylation is 1. The average Bonchev–Trinajstić information content (AvgIpc) is 2.37. The molecule has 0 aromatic heterocycles. The number of hydrogen-bond donors (Lipinski definition) is 2. The minimum Gasteiger partial charge on any atom is -0.326 e. The molecule has 1 aromatic carbocycles. The lowest BCUT2D eigenvalue weighted by Gasteiger charge is -2.32. The Morgan fingerprint density at radius 1 is 1.32 bits per heavy atom. The van der Waals surface area contributed by atoms with Gasteiger partial charge < -0.3 is 10.6 Å². The van der Waals surface area contributed by atoms with Crippen LogP contribution in [0.4, 0.5) is 5.69 Å².